The van der Waals surface area contributed by atoms with Crippen LogP contribution in [0.5, 0.6) is 0 Å². The van der Waals surface area contributed by atoms with E-state index in [4.69, 9.17) is 0 Å². The van der Waals surface area contributed by atoms with Crippen molar-refractivity contribution >= 4 is 16.9 Å². The van der Waals surface area contributed by atoms with Gasteiger partial charge in [-0.15, -0.1) is 0 Å². The first-order valence-corrected chi connectivity index (χ1v) is 7.97. The zero-order valence-corrected chi connectivity index (χ0v) is 12.3. The summed E-state index contributed by atoms with van der Waals surface area (Å²) in [6, 6.07) is 0.628. The Kier molecular flexibility index (Phi) is 4.40. The molecule has 1 N–H and O–H groups in total. The molecule has 0 saturated heterocycles. The van der Waals surface area contributed by atoms with Crippen LogP contribution in [0.1, 0.15) is 59.3 Å². The molecular formula is C14H26N2S. The van der Waals surface area contributed by atoms with Crippen LogP contribution in [0, 0.1) is 5.41 Å². The molecule has 1 saturated carbocycles. The molecule has 0 amide bonds. The molecule has 1 fully saturated rings. The van der Waals surface area contributed by atoms with Crippen molar-refractivity contribution in [3.63, 3.8) is 0 Å². The van der Waals surface area contributed by atoms with E-state index in [1.807, 2.05) is 11.8 Å². The number of nitrogens with one attached hydrogen (secondary N) is 1. The second-order valence-corrected chi connectivity index (χ2v) is 7.39. The van der Waals surface area contributed by atoms with Crippen molar-refractivity contribution in [2.75, 3.05) is 6.54 Å². The van der Waals surface area contributed by atoms with Gasteiger partial charge in [0.2, 0.25) is 0 Å². The lowest BCUT2D eigenvalue weighted by molar-refractivity contribution is 0.186. The summed E-state index contributed by atoms with van der Waals surface area (Å²) in [7, 11) is 0. The van der Waals surface area contributed by atoms with Crippen molar-refractivity contribution in [3.05, 3.63) is 0 Å². The fraction of sp³-hybridized carbons (Fsp3) is 0.929. The number of hydrogen-bond acceptors (Lipinski definition) is 3. The topological polar surface area (TPSA) is 24.4 Å². The van der Waals surface area contributed by atoms with E-state index in [0.717, 1.165) is 11.8 Å². The maximum Gasteiger partial charge on any atom is 0.157 e. The van der Waals surface area contributed by atoms with Crippen LogP contribution in [0.4, 0.5) is 0 Å². The van der Waals surface area contributed by atoms with E-state index in [-0.39, 0.29) is 0 Å². The second-order valence-electron chi connectivity index (χ2n) is 6.11. The van der Waals surface area contributed by atoms with Gasteiger partial charge in [-0.1, -0.05) is 51.8 Å². The summed E-state index contributed by atoms with van der Waals surface area (Å²) in [5.41, 5.74) is 0.435. The van der Waals surface area contributed by atoms with Crippen LogP contribution in [0.3, 0.4) is 0 Å². The van der Waals surface area contributed by atoms with Gasteiger partial charge in [0.05, 0.1) is 6.54 Å². The van der Waals surface area contributed by atoms with Crippen LogP contribution in [-0.4, -0.2) is 23.0 Å². The number of rotatable bonds is 3. The Hall–Kier alpha value is -0.180. The van der Waals surface area contributed by atoms with Gasteiger partial charge in [-0.3, -0.25) is 4.99 Å². The van der Waals surface area contributed by atoms with Gasteiger partial charge in [0, 0.05) is 11.3 Å². The highest BCUT2D eigenvalue weighted by molar-refractivity contribution is 8.14. The molecule has 1 aliphatic heterocycles. The number of thioether (sulfide) groups is 1. The second kappa shape index (κ2) is 5.64. The molecule has 2 aliphatic rings. The van der Waals surface area contributed by atoms with Gasteiger partial charge in [-0.25, -0.2) is 0 Å². The first-order valence-electron chi connectivity index (χ1n) is 7.09. The van der Waals surface area contributed by atoms with Gasteiger partial charge < -0.3 is 5.32 Å². The molecule has 2 atom stereocenters. The molecule has 0 aromatic heterocycles. The lowest BCUT2D eigenvalue weighted by Gasteiger charge is -2.39. The molecule has 0 spiro atoms. The molecular weight excluding hydrogens is 228 g/mol. The van der Waals surface area contributed by atoms with E-state index in [9.17, 15) is 0 Å². The highest BCUT2D eigenvalue weighted by atomic mass is 32.2. The van der Waals surface area contributed by atoms with Gasteiger partial charge in [0.1, 0.15) is 0 Å². The molecule has 1 aliphatic carbocycles. The van der Waals surface area contributed by atoms with Gasteiger partial charge in [-0.05, 0) is 24.7 Å². The summed E-state index contributed by atoms with van der Waals surface area (Å²) in [5, 5.41) is 5.65. The van der Waals surface area contributed by atoms with Gasteiger partial charge in [0.15, 0.2) is 5.17 Å². The predicted molar refractivity (Wildman–Crippen MR) is 77.8 cm³/mol. The fourth-order valence-corrected chi connectivity index (χ4v) is 4.06. The lowest BCUT2D eigenvalue weighted by atomic mass is 9.73. The van der Waals surface area contributed by atoms with E-state index < -0.39 is 0 Å². The van der Waals surface area contributed by atoms with E-state index >= 15 is 0 Å². The first kappa shape index (κ1) is 13.3. The molecule has 0 aromatic rings. The summed E-state index contributed by atoms with van der Waals surface area (Å²) in [6.45, 7) is 8.07. The average Bonchev–Trinajstić information content (AvgIpc) is 2.70. The van der Waals surface area contributed by atoms with E-state index in [0.29, 0.717) is 11.5 Å². The Labute approximate surface area is 110 Å². The van der Waals surface area contributed by atoms with E-state index in [1.54, 1.807) is 0 Å². The third-order valence-electron chi connectivity index (χ3n) is 4.13. The number of hydrogen-bond donors (Lipinski definition) is 1. The quantitative estimate of drug-likeness (QED) is 0.828. The average molecular weight is 254 g/mol. The van der Waals surface area contributed by atoms with E-state index in [2.05, 4.69) is 31.1 Å². The smallest absolute Gasteiger partial charge is 0.157 e. The third-order valence-corrected chi connectivity index (χ3v) is 5.32. The highest BCUT2D eigenvalue weighted by Crippen LogP contribution is 2.36. The Balaban J connectivity index is 1.85. The molecule has 3 heteroatoms. The summed E-state index contributed by atoms with van der Waals surface area (Å²) in [5.74, 6) is 0. The molecule has 0 aromatic carbocycles. The molecule has 2 rings (SSSR count). The normalized spacial score (nSPS) is 32.3. The number of amidine groups is 1. The minimum Gasteiger partial charge on any atom is -0.362 e. The molecule has 2 unspecified atom stereocenters. The van der Waals surface area contributed by atoms with Crippen molar-refractivity contribution < 1.29 is 0 Å². The van der Waals surface area contributed by atoms with Crippen molar-refractivity contribution in [2.45, 2.75) is 70.6 Å². The summed E-state index contributed by atoms with van der Waals surface area (Å²) < 4.78 is 0. The Morgan fingerprint density at radius 3 is 2.94 bits per heavy atom. The van der Waals surface area contributed by atoms with Gasteiger partial charge in [-0.2, -0.15) is 0 Å². The maximum absolute atomic E-state index is 4.66. The zero-order chi connectivity index (χ0) is 12.3. The van der Waals surface area contributed by atoms with E-state index in [1.165, 1.54) is 43.7 Å². The van der Waals surface area contributed by atoms with Crippen LogP contribution < -0.4 is 5.32 Å². The lowest BCUT2D eigenvalue weighted by Crippen LogP contribution is -2.45. The van der Waals surface area contributed by atoms with Crippen LogP contribution in [-0.2, 0) is 0 Å². The zero-order valence-electron chi connectivity index (χ0n) is 11.5. The monoisotopic (exact) mass is 254 g/mol. The third kappa shape index (κ3) is 3.40. The maximum atomic E-state index is 4.66. The first-order chi connectivity index (χ1) is 8.12. The van der Waals surface area contributed by atoms with Gasteiger partial charge >= 0.3 is 0 Å². The summed E-state index contributed by atoms with van der Waals surface area (Å²) in [6.07, 6.45) is 8.00. The van der Waals surface area contributed by atoms with Crippen LogP contribution in [0.25, 0.3) is 0 Å². The Bertz CT molecular complexity index is 286. The predicted octanol–water partition coefficient (Wildman–Crippen LogP) is 3.82. The van der Waals surface area contributed by atoms with Crippen LogP contribution in [0.15, 0.2) is 4.99 Å². The minimum atomic E-state index is 0.435. The standard InChI is InChI=1S/C14H26N2S/c1-4-7-11-10-15-13(17-11)16-12-8-5-6-9-14(12,2)3/h11-12H,4-10H2,1-3H3,(H,15,16). The van der Waals surface area contributed by atoms with Gasteiger partial charge in [0.25, 0.3) is 0 Å². The fourth-order valence-electron chi connectivity index (χ4n) is 2.88. The van der Waals surface area contributed by atoms with Crippen LogP contribution >= 0.6 is 11.8 Å². The summed E-state index contributed by atoms with van der Waals surface area (Å²) in [4.78, 5) is 4.66. The highest BCUT2D eigenvalue weighted by Gasteiger charge is 2.33. The van der Waals surface area contributed by atoms with Crippen molar-refractivity contribution in [1.29, 1.82) is 0 Å². The molecule has 98 valence electrons. The molecule has 1 heterocycles. The van der Waals surface area contributed by atoms with Crippen LogP contribution in [0.2, 0.25) is 0 Å². The SMILES string of the molecule is CCCC1CN=C(NC2CCCCC2(C)C)S1. The molecule has 17 heavy (non-hydrogen) atoms. The summed E-state index contributed by atoms with van der Waals surface area (Å²) >= 11 is 1.97. The Morgan fingerprint density at radius 2 is 2.24 bits per heavy atom. The minimum absolute atomic E-state index is 0.435. The number of aliphatic imine (C=N–C) groups is 1. The molecule has 0 radical (unpaired) electrons. The number of nitrogens with zero attached hydrogens (tertiary/aromatic N) is 1. The van der Waals surface area contributed by atoms with Crippen molar-refractivity contribution in [2.24, 2.45) is 10.4 Å². The molecule has 2 nitrogen and oxygen atoms in total. The van der Waals surface area contributed by atoms with Crippen molar-refractivity contribution in [3.8, 4) is 0 Å². The molecule has 0 bridgehead atoms. The van der Waals surface area contributed by atoms with Crippen molar-refractivity contribution in [1.82, 2.24) is 5.32 Å². The Morgan fingerprint density at radius 1 is 1.41 bits per heavy atom. The largest absolute Gasteiger partial charge is 0.362 e.